The molecule has 0 saturated carbocycles. The van der Waals surface area contributed by atoms with Crippen LogP contribution in [0.5, 0.6) is 0 Å². The standard InChI is InChI=1S/C18H22N2O4S2/c1-13-10-20(7-8-23-13)16(21)11-24-17(22)15-5-3-2-4-14(15)12-26-18-19-6-9-25-18/h2-5,13H,6-12H2,1H3. The fraction of sp³-hybridized carbons (Fsp3) is 0.500. The van der Waals surface area contributed by atoms with Crippen molar-refractivity contribution in [3.63, 3.8) is 0 Å². The molecule has 1 atom stereocenters. The van der Waals surface area contributed by atoms with Crippen molar-refractivity contribution >= 4 is 39.8 Å². The third kappa shape index (κ3) is 5.25. The first kappa shape index (κ1) is 19.3. The highest BCUT2D eigenvalue weighted by Gasteiger charge is 2.23. The SMILES string of the molecule is CC1CN(C(=O)COC(=O)c2ccccc2CSC2=NCCS2)CCO1. The van der Waals surface area contributed by atoms with E-state index in [9.17, 15) is 9.59 Å². The van der Waals surface area contributed by atoms with Gasteiger partial charge in [-0.15, -0.1) is 0 Å². The van der Waals surface area contributed by atoms with E-state index in [0.29, 0.717) is 31.0 Å². The van der Waals surface area contributed by atoms with Gasteiger partial charge in [0.15, 0.2) is 6.61 Å². The molecular formula is C18H22N2O4S2. The van der Waals surface area contributed by atoms with Crippen molar-refractivity contribution in [3.8, 4) is 0 Å². The molecule has 2 heterocycles. The van der Waals surface area contributed by atoms with E-state index >= 15 is 0 Å². The molecule has 8 heteroatoms. The maximum atomic E-state index is 12.5. The zero-order valence-corrected chi connectivity index (χ0v) is 16.3. The molecule has 1 aromatic rings. The van der Waals surface area contributed by atoms with Gasteiger partial charge in [-0.3, -0.25) is 9.79 Å². The number of nitrogens with zero attached hydrogens (tertiary/aromatic N) is 2. The van der Waals surface area contributed by atoms with Gasteiger partial charge in [-0.05, 0) is 18.6 Å². The molecule has 140 valence electrons. The van der Waals surface area contributed by atoms with Crippen LogP contribution >= 0.6 is 23.5 Å². The van der Waals surface area contributed by atoms with Crippen LogP contribution in [0.2, 0.25) is 0 Å². The first-order valence-corrected chi connectivity index (χ1v) is 10.5. The molecule has 3 rings (SSSR count). The van der Waals surface area contributed by atoms with E-state index in [0.717, 1.165) is 22.2 Å². The highest BCUT2D eigenvalue weighted by Crippen LogP contribution is 2.26. The number of morpholine rings is 1. The number of benzene rings is 1. The third-order valence-corrected chi connectivity index (χ3v) is 6.37. The molecule has 0 N–H and O–H groups in total. The Hall–Kier alpha value is -1.51. The molecule has 0 spiro atoms. The van der Waals surface area contributed by atoms with Crippen LogP contribution in [0.1, 0.15) is 22.8 Å². The highest BCUT2D eigenvalue weighted by molar-refractivity contribution is 8.38. The van der Waals surface area contributed by atoms with Crippen molar-refractivity contribution in [1.82, 2.24) is 4.90 Å². The van der Waals surface area contributed by atoms with Crippen LogP contribution in [0.15, 0.2) is 29.3 Å². The number of amides is 1. The largest absolute Gasteiger partial charge is 0.452 e. The van der Waals surface area contributed by atoms with Crippen molar-refractivity contribution < 1.29 is 19.1 Å². The summed E-state index contributed by atoms with van der Waals surface area (Å²) in [5.41, 5.74) is 1.40. The molecule has 1 fully saturated rings. The molecule has 0 aliphatic carbocycles. The summed E-state index contributed by atoms with van der Waals surface area (Å²) < 4.78 is 11.8. The Morgan fingerprint density at radius 1 is 1.42 bits per heavy atom. The van der Waals surface area contributed by atoms with Gasteiger partial charge in [0.05, 0.1) is 24.8 Å². The van der Waals surface area contributed by atoms with Gasteiger partial charge in [0, 0.05) is 24.6 Å². The van der Waals surface area contributed by atoms with Crippen LogP contribution in [-0.2, 0) is 20.0 Å². The van der Waals surface area contributed by atoms with Crippen LogP contribution in [0.4, 0.5) is 0 Å². The van der Waals surface area contributed by atoms with Gasteiger partial charge in [0.25, 0.3) is 5.91 Å². The Morgan fingerprint density at radius 3 is 3.04 bits per heavy atom. The second-order valence-electron chi connectivity index (χ2n) is 6.04. The molecule has 0 bridgehead atoms. The summed E-state index contributed by atoms with van der Waals surface area (Å²) in [7, 11) is 0. The van der Waals surface area contributed by atoms with Crippen molar-refractivity contribution in [2.75, 3.05) is 38.6 Å². The monoisotopic (exact) mass is 394 g/mol. The minimum absolute atomic E-state index is 0.0116. The Labute approximate surface area is 161 Å². The quantitative estimate of drug-likeness (QED) is 0.715. The molecule has 0 radical (unpaired) electrons. The summed E-state index contributed by atoms with van der Waals surface area (Å²) >= 11 is 3.37. The normalized spacial score (nSPS) is 20.0. The minimum atomic E-state index is -0.461. The molecule has 2 aliphatic heterocycles. The van der Waals surface area contributed by atoms with Gasteiger partial charge in [0.2, 0.25) is 0 Å². The van der Waals surface area contributed by atoms with Crippen molar-refractivity contribution in [3.05, 3.63) is 35.4 Å². The zero-order valence-electron chi connectivity index (χ0n) is 14.7. The lowest BCUT2D eigenvalue weighted by Gasteiger charge is -2.30. The zero-order chi connectivity index (χ0) is 18.4. The van der Waals surface area contributed by atoms with Crippen molar-refractivity contribution in [1.29, 1.82) is 0 Å². The molecular weight excluding hydrogens is 372 g/mol. The number of aliphatic imine (C=N–C) groups is 1. The third-order valence-electron chi connectivity index (χ3n) is 4.07. The number of rotatable bonds is 5. The number of carbonyl (C=O) groups excluding carboxylic acids is 2. The fourth-order valence-electron chi connectivity index (χ4n) is 2.73. The molecule has 6 nitrogen and oxygen atoms in total. The number of thioether (sulfide) groups is 2. The lowest BCUT2D eigenvalue weighted by atomic mass is 10.1. The van der Waals surface area contributed by atoms with E-state index in [2.05, 4.69) is 4.99 Å². The van der Waals surface area contributed by atoms with Gasteiger partial charge in [0.1, 0.15) is 4.38 Å². The molecule has 26 heavy (non-hydrogen) atoms. The molecule has 1 saturated heterocycles. The van der Waals surface area contributed by atoms with E-state index in [-0.39, 0.29) is 18.6 Å². The van der Waals surface area contributed by atoms with Crippen LogP contribution in [0.3, 0.4) is 0 Å². The number of hydrogen-bond acceptors (Lipinski definition) is 7. The topological polar surface area (TPSA) is 68.2 Å². The number of esters is 1. The number of hydrogen-bond donors (Lipinski definition) is 0. The Kier molecular flexibility index (Phi) is 6.99. The lowest BCUT2D eigenvalue weighted by Crippen LogP contribution is -2.46. The number of carbonyl (C=O) groups is 2. The van der Waals surface area contributed by atoms with E-state index in [4.69, 9.17) is 9.47 Å². The summed E-state index contributed by atoms with van der Waals surface area (Å²) in [6.07, 6.45) is 0.0116. The fourth-order valence-corrected chi connectivity index (χ4v) is 4.74. The van der Waals surface area contributed by atoms with E-state index in [1.54, 1.807) is 40.6 Å². The molecule has 1 amide bonds. The van der Waals surface area contributed by atoms with Crippen LogP contribution in [-0.4, -0.2) is 65.9 Å². The predicted molar refractivity (Wildman–Crippen MR) is 105 cm³/mol. The van der Waals surface area contributed by atoms with Gasteiger partial charge < -0.3 is 14.4 Å². The average Bonchev–Trinajstić information content (AvgIpc) is 3.18. The minimum Gasteiger partial charge on any atom is -0.452 e. The molecule has 0 aromatic heterocycles. The van der Waals surface area contributed by atoms with Gasteiger partial charge >= 0.3 is 5.97 Å². The maximum absolute atomic E-state index is 12.5. The van der Waals surface area contributed by atoms with Crippen molar-refractivity contribution in [2.24, 2.45) is 4.99 Å². The van der Waals surface area contributed by atoms with Gasteiger partial charge in [-0.2, -0.15) is 0 Å². The summed E-state index contributed by atoms with van der Waals surface area (Å²) in [5, 5.41) is 0. The Morgan fingerprint density at radius 2 is 2.27 bits per heavy atom. The van der Waals surface area contributed by atoms with Crippen molar-refractivity contribution in [2.45, 2.75) is 18.8 Å². The van der Waals surface area contributed by atoms with Crippen LogP contribution < -0.4 is 0 Å². The summed E-state index contributed by atoms with van der Waals surface area (Å²) in [6, 6.07) is 7.35. The van der Waals surface area contributed by atoms with Gasteiger partial charge in [-0.1, -0.05) is 41.7 Å². The summed E-state index contributed by atoms with van der Waals surface area (Å²) in [6.45, 7) is 4.13. The average molecular weight is 395 g/mol. The van der Waals surface area contributed by atoms with Crippen LogP contribution in [0.25, 0.3) is 0 Å². The molecule has 2 aliphatic rings. The highest BCUT2D eigenvalue weighted by atomic mass is 32.2. The smallest absolute Gasteiger partial charge is 0.338 e. The Bertz CT molecular complexity index is 696. The molecule has 1 unspecified atom stereocenters. The predicted octanol–water partition coefficient (Wildman–Crippen LogP) is 2.43. The first-order valence-electron chi connectivity index (χ1n) is 8.58. The summed E-state index contributed by atoms with van der Waals surface area (Å²) in [4.78, 5) is 30.8. The number of ether oxygens (including phenoxy) is 2. The molecule has 1 aromatic carbocycles. The van der Waals surface area contributed by atoms with E-state index in [1.807, 2.05) is 19.1 Å². The first-order chi connectivity index (χ1) is 12.6. The Balaban J connectivity index is 1.54. The van der Waals surface area contributed by atoms with Gasteiger partial charge in [-0.25, -0.2) is 4.79 Å². The maximum Gasteiger partial charge on any atom is 0.338 e. The van der Waals surface area contributed by atoms with E-state index < -0.39 is 5.97 Å². The van der Waals surface area contributed by atoms with Crippen LogP contribution in [0, 0.1) is 0 Å². The second kappa shape index (κ2) is 9.43. The van der Waals surface area contributed by atoms with E-state index in [1.165, 1.54) is 0 Å². The second-order valence-corrected chi connectivity index (χ2v) is 8.35. The summed E-state index contributed by atoms with van der Waals surface area (Å²) in [5.74, 6) is 1.04. The lowest BCUT2D eigenvalue weighted by molar-refractivity contribution is -0.141.